The molecule has 0 bridgehead atoms. The normalized spacial score (nSPS) is 17.8. The maximum atomic E-state index is 13.5. The molecule has 2 aromatic carbocycles. The SMILES string of the molecule is CN(C)c1ccc(NC(=O)c2cccc(F)c2)cc1CN(CC1CCCO1)C(=O)C1CC1. The lowest BCUT2D eigenvalue weighted by Gasteiger charge is -2.28. The number of amides is 2. The van der Waals surface area contributed by atoms with E-state index >= 15 is 0 Å². The van der Waals surface area contributed by atoms with Gasteiger partial charge in [-0.25, -0.2) is 4.39 Å². The van der Waals surface area contributed by atoms with Crippen LogP contribution in [0.15, 0.2) is 42.5 Å². The topological polar surface area (TPSA) is 61.9 Å². The van der Waals surface area contributed by atoms with Crippen LogP contribution in [0.25, 0.3) is 0 Å². The lowest BCUT2D eigenvalue weighted by molar-refractivity contribution is -0.134. The van der Waals surface area contributed by atoms with Crippen LogP contribution >= 0.6 is 0 Å². The Kier molecular flexibility index (Phi) is 6.74. The van der Waals surface area contributed by atoms with Gasteiger partial charge in [0.2, 0.25) is 5.91 Å². The van der Waals surface area contributed by atoms with Gasteiger partial charge in [0.15, 0.2) is 0 Å². The third kappa shape index (κ3) is 5.46. The molecule has 2 fully saturated rings. The Morgan fingerprint density at radius 2 is 1.94 bits per heavy atom. The first kappa shape index (κ1) is 22.3. The molecule has 1 aliphatic carbocycles. The van der Waals surface area contributed by atoms with Crippen LogP contribution in [-0.4, -0.2) is 50.1 Å². The Balaban J connectivity index is 1.56. The van der Waals surface area contributed by atoms with Crippen LogP contribution < -0.4 is 10.2 Å². The number of hydrogen-bond donors (Lipinski definition) is 1. The molecule has 1 saturated carbocycles. The molecule has 2 aliphatic rings. The van der Waals surface area contributed by atoms with Gasteiger partial charge < -0.3 is 19.9 Å². The van der Waals surface area contributed by atoms with Crippen molar-refractivity contribution in [2.24, 2.45) is 5.92 Å². The molecule has 1 N–H and O–H groups in total. The maximum Gasteiger partial charge on any atom is 0.255 e. The Morgan fingerprint density at radius 1 is 1.12 bits per heavy atom. The van der Waals surface area contributed by atoms with Gasteiger partial charge in [-0.15, -0.1) is 0 Å². The highest BCUT2D eigenvalue weighted by molar-refractivity contribution is 6.04. The van der Waals surface area contributed by atoms with Crippen LogP contribution in [-0.2, 0) is 16.1 Å². The van der Waals surface area contributed by atoms with E-state index in [1.54, 1.807) is 6.07 Å². The summed E-state index contributed by atoms with van der Waals surface area (Å²) in [4.78, 5) is 29.5. The van der Waals surface area contributed by atoms with E-state index in [0.29, 0.717) is 18.8 Å². The summed E-state index contributed by atoms with van der Waals surface area (Å²) < 4.78 is 19.3. The van der Waals surface area contributed by atoms with E-state index in [2.05, 4.69) is 5.32 Å². The van der Waals surface area contributed by atoms with Crippen molar-refractivity contribution in [2.75, 3.05) is 37.5 Å². The molecule has 7 heteroatoms. The largest absolute Gasteiger partial charge is 0.377 e. The molecule has 4 rings (SSSR count). The molecule has 1 heterocycles. The van der Waals surface area contributed by atoms with E-state index < -0.39 is 5.82 Å². The Morgan fingerprint density at radius 3 is 2.59 bits per heavy atom. The highest BCUT2D eigenvalue weighted by Gasteiger charge is 2.35. The minimum atomic E-state index is -0.454. The van der Waals surface area contributed by atoms with Crippen molar-refractivity contribution in [1.29, 1.82) is 0 Å². The van der Waals surface area contributed by atoms with Crippen LogP contribution in [0, 0.1) is 11.7 Å². The number of carbonyl (C=O) groups excluding carboxylic acids is 2. The number of nitrogens with zero attached hydrogens (tertiary/aromatic N) is 2. The second-order valence-electron chi connectivity index (χ2n) is 8.83. The summed E-state index contributed by atoms with van der Waals surface area (Å²) in [6, 6.07) is 11.3. The van der Waals surface area contributed by atoms with Gasteiger partial charge in [-0.1, -0.05) is 6.07 Å². The number of benzene rings is 2. The molecule has 0 radical (unpaired) electrons. The Bertz CT molecular complexity index is 984. The number of halogens is 1. The molecular weight excluding hydrogens is 409 g/mol. The number of rotatable bonds is 8. The van der Waals surface area contributed by atoms with Gasteiger partial charge in [0.25, 0.3) is 5.91 Å². The van der Waals surface area contributed by atoms with E-state index in [1.165, 1.54) is 18.2 Å². The first-order valence-corrected chi connectivity index (χ1v) is 11.2. The van der Waals surface area contributed by atoms with Crippen molar-refractivity contribution in [3.63, 3.8) is 0 Å². The summed E-state index contributed by atoms with van der Waals surface area (Å²) >= 11 is 0. The molecule has 1 unspecified atom stereocenters. The van der Waals surface area contributed by atoms with Crippen molar-refractivity contribution >= 4 is 23.2 Å². The van der Waals surface area contributed by atoms with Crippen molar-refractivity contribution in [3.05, 3.63) is 59.4 Å². The fourth-order valence-electron chi connectivity index (χ4n) is 4.12. The number of nitrogens with one attached hydrogen (secondary N) is 1. The first-order valence-electron chi connectivity index (χ1n) is 11.2. The highest BCUT2D eigenvalue weighted by atomic mass is 19.1. The summed E-state index contributed by atoms with van der Waals surface area (Å²) in [6.07, 6.45) is 3.98. The smallest absolute Gasteiger partial charge is 0.255 e. The van der Waals surface area contributed by atoms with E-state index in [1.807, 2.05) is 42.1 Å². The van der Waals surface area contributed by atoms with E-state index in [9.17, 15) is 14.0 Å². The fourth-order valence-corrected chi connectivity index (χ4v) is 4.12. The van der Waals surface area contributed by atoms with Crippen molar-refractivity contribution in [2.45, 2.75) is 38.3 Å². The number of anilines is 2. The third-order valence-electron chi connectivity index (χ3n) is 5.95. The van der Waals surface area contributed by atoms with Gasteiger partial charge in [-0.3, -0.25) is 9.59 Å². The Labute approximate surface area is 188 Å². The summed E-state index contributed by atoms with van der Waals surface area (Å²) in [6.45, 7) is 1.79. The van der Waals surface area contributed by atoms with Gasteiger partial charge in [-0.2, -0.15) is 0 Å². The zero-order valence-corrected chi connectivity index (χ0v) is 18.6. The predicted octanol–water partition coefficient (Wildman–Crippen LogP) is 4.06. The molecule has 0 aromatic heterocycles. The minimum absolute atomic E-state index is 0.0800. The quantitative estimate of drug-likeness (QED) is 0.674. The lowest BCUT2D eigenvalue weighted by atomic mass is 10.1. The van der Waals surface area contributed by atoms with Gasteiger partial charge in [0.05, 0.1) is 6.10 Å². The molecule has 1 aliphatic heterocycles. The van der Waals surface area contributed by atoms with Crippen molar-refractivity contribution in [3.8, 4) is 0 Å². The van der Waals surface area contributed by atoms with Crippen LogP contribution in [0.4, 0.5) is 15.8 Å². The van der Waals surface area contributed by atoms with Crippen molar-refractivity contribution < 1.29 is 18.7 Å². The number of hydrogen-bond acceptors (Lipinski definition) is 4. The minimum Gasteiger partial charge on any atom is -0.377 e. The lowest BCUT2D eigenvalue weighted by Crippen LogP contribution is -2.38. The highest BCUT2D eigenvalue weighted by Crippen LogP contribution is 2.33. The number of ether oxygens (including phenoxy) is 1. The van der Waals surface area contributed by atoms with Crippen LogP contribution in [0.2, 0.25) is 0 Å². The average Bonchev–Trinajstić information content (AvgIpc) is 3.49. The van der Waals surface area contributed by atoms with Crippen LogP contribution in [0.1, 0.15) is 41.6 Å². The summed E-state index contributed by atoms with van der Waals surface area (Å²) in [7, 11) is 3.91. The molecule has 170 valence electrons. The van der Waals surface area contributed by atoms with Gasteiger partial charge in [0.1, 0.15) is 5.82 Å². The molecule has 32 heavy (non-hydrogen) atoms. The van der Waals surface area contributed by atoms with Gasteiger partial charge >= 0.3 is 0 Å². The molecule has 2 amide bonds. The van der Waals surface area contributed by atoms with E-state index in [4.69, 9.17) is 4.74 Å². The maximum absolute atomic E-state index is 13.5. The third-order valence-corrected chi connectivity index (χ3v) is 5.95. The molecule has 2 aromatic rings. The van der Waals surface area contributed by atoms with Crippen LogP contribution in [0.5, 0.6) is 0 Å². The standard InChI is InChI=1S/C25H30FN3O3/c1-28(2)23-11-10-21(27-24(30)18-5-3-6-20(26)13-18)14-19(23)15-29(25(31)17-8-9-17)16-22-7-4-12-32-22/h3,5-6,10-11,13-14,17,22H,4,7-9,12,15-16H2,1-2H3,(H,27,30). The second-order valence-corrected chi connectivity index (χ2v) is 8.83. The van der Waals surface area contributed by atoms with Gasteiger partial charge in [-0.05, 0) is 67.6 Å². The molecule has 1 atom stereocenters. The molecular formula is C25H30FN3O3. The summed E-state index contributed by atoms with van der Waals surface area (Å²) in [5.41, 5.74) is 2.79. The zero-order chi connectivity index (χ0) is 22.7. The van der Waals surface area contributed by atoms with Crippen molar-refractivity contribution in [1.82, 2.24) is 4.90 Å². The molecule has 6 nitrogen and oxygen atoms in total. The van der Waals surface area contributed by atoms with E-state index in [-0.39, 0.29) is 29.4 Å². The summed E-state index contributed by atoms with van der Waals surface area (Å²) in [5, 5.41) is 2.85. The predicted molar refractivity (Wildman–Crippen MR) is 122 cm³/mol. The average molecular weight is 440 g/mol. The van der Waals surface area contributed by atoms with Crippen LogP contribution in [0.3, 0.4) is 0 Å². The summed E-state index contributed by atoms with van der Waals surface area (Å²) in [5.74, 6) is -0.530. The first-order chi connectivity index (χ1) is 15.4. The zero-order valence-electron chi connectivity index (χ0n) is 18.6. The Hall–Kier alpha value is -2.93. The van der Waals surface area contributed by atoms with Gasteiger partial charge in [0, 0.05) is 56.6 Å². The van der Waals surface area contributed by atoms with E-state index in [0.717, 1.165) is 43.5 Å². The second kappa shape index (κ2) is 9.69. The fraction of sp³-hybridized carbons (Fsp3) is 0.440. The molecule has 1 saturated heterocycles. The number of carbonyl (C=O) groups is 2. The molecule has 0 spiro atoms. The monoisotopic (exact) mass is 439 g/mol.